The van der Waals surface area contributed by atoms with Gasteiger partial charge < -0.3 is 14.6 Å². The number of nitrogens with zero attached hydrogens (tertiary/aromatic N) is 1. The lowest BCUT2D eigenvalue weighted by atomic mass is 10.0. The maximum atomic E-state index is 9.98. The zero-order chi connectivity index (χ0) is 14.8. The van der Waals surface area contributed by atoms with Crippen LogP contribution in [0.5, 0.6) is 0 Å². The van der Waals surface area contributed by atoms with Crippen molar-refractivity contribution in [2.45, 2.75) is 25.2 Å². The summed E-state index contributed by atoms with van der Waals surface area (Å²) in [5.41, 5.74) is 5.12. The summed E-state index contributed by atoms with van der Waals surface area (Å²) in [5, 5.41) is 9.98. The fourth-order valence-corrected chi connectivity index (χ4v) is 2.81. The number of rotatable bonds is 4. The highest BCUT2D eigenvalue weighted by molar-refractivity contribution is 5.64. The molecule has 4 heteroatoms. The van der Waals surface area contributed by atoms with Crippen LogP contribution >= 0.6 is 0 Å². The number of hydrogen-bond acceptors (Lipinski definition) is 4. The number of methoxy groups -OCH3 is 2. The molecule has 0 saturated heterocycles. The molecule has 1 aromatic carbocycles. The highest BCUT2D eigenvalue weighted by Gasteiger charge is 2.20. The number of fused-ring (bicyclic) bond motifs is 1. The standard InChI is InChI=1S/C17H19NO3/c1-20-17(21-2)15-7-5-13(10-18-15)12-4-3-11-6-8-16(19)14(11)9-12/h3-5,7,9-10,16-17,19H,6,8H2,1-2H3/t16-/m0/s1. The topological polar surface area (TPSA) is 51.6 Å². The minimum atomic E-state index is -0.444. The van der Waals surface area contributed by atoms with Gasteiger partial charge in [-0.15, -0.1) is 0 Å². The first-order valence-electron chi connectivity index (χ1n) is 7.05. The van der Waals surface area contributed by atoms with Gasteiger partial charge in [-0.3, -0.25) is 4.98 Å². The SMILES string of the molecule is COC(OC)c1ccc(-c2ccc3c(c2)[C@@H](O)CC3)cn1. The van der Waals surface area contributed by atoms with E-state index in [9.17, 15) is 5.11 Å². The molecule has 1 aliphatic rings. The Bertz CT molecular complexity index is 620. The van der Waals surface area contributed by atoms with Crippen LogP contribution in [0.2, 0.25) is 0 Å². The molecule has 1 heterocycles. The van der Waals surface area contributed by atoms with Crippen LogP contribution < -0.4 is 0 Å². The van der Waals surface area contributed by atoms with Crippen molar-refractivity contribution in [3.8, 4) is 11.1 Å². The van der Waals surface area contributed by atoms with Crippen molar-refractivity contribution >= 4 is 0 Å². The first-order valence-corrected chi connectivity index (χ1v) is 7.05. The number of aliphatic hydroxyl groups is 1. The summed E-state index contributed by atoms with van der Waals surface area (Å²) in [6.07, 6.45) is 2.81. The van der Waals surface area contributed by atoms with Gasteiger partial charge in [0.25, 0.3) is 0 Å². The smallest absolute Gasteiger partial charge is 0.200 e. The molecule has 0 radical (unpaired) electrons. The number of pyridine rings is 1. The lowest BCUT2D eigenvalue weighted by Crippen LogP contribution is -2.05. The lowest BCUT2D eigenvalue weighted by Gasteiger charge is -2.13. The van der Waals surface area contributed by atoms with Crippen molar-refractivity contribution in [1.29, 1.82) is 0 Å². The Labute approximate surface area is 124 Å². The molecule has 3 rings (SSSR count). The molecule has 4 nitrogen and oxygen atoms in total. The van der Waals surface area contributed by atoms with Gasteiger partial charge in [-0.2, -0.15) is 0 Å². The zero-order valence-corrected chi connectivity index (χ0v) is 12.2. The largest absolute Gasteiger partial charge is 0.388 e. The number of aromatic nitrogens is 1. The first kappa shape index (κ1) is 14.2. The molecular weight excluding hydrogens is 266 g/mol. The second kappa shape index (κ2) is 5.93. The molecule has 1 N–H and O–H groups in total. The maximum Gasteiger partial charge on any atom is 0.200 e. The summed E-state index contributed by atoms with van der Waals surface area (Å²) in [6.45, 7) is 0. The van der Waals surface area contributed by atoms with Crippen LogP contribution in [-0.4, -0.2) is 24.3 Å². The van der Waals surface area contributed by atoms with Gasteiger partial charge in [-0.1, -0.05) is 18.2 Å². The van der Waals surface area contributed by atoms with Crippen LogP contribution in [0.1, 0.15) is 35.6 Å². The number of benzene rings is 1. The Balaban J connectivity index is 1.89. The second-order valence-electron chi connectivity index (χ2n) is 5.24. The van der Waals surface area contributed by atoms with E-state index in [1.165, 1.54) is 5.56 Å². The van der Waals surface area contributed by atoms with E-state index in [-0.39, 0.29) is 6.10 Å². The molecule has 0 aliphatic heterocycles. The third-order valence-corrected chi connectivity index (χ3v) is 3.98. The minimum Gasteiger partial charge on any atom is -0.388 e. The third kappa shape index (κ3) is 2.70. The van der Waals surface area contributed by atoms with E-state index in [1.54, 1.807) is 14.2 Å². The molecule has 0 amide bonds. The summed E-state index contributed by atoms with van der Waals surface area (Å²) in [4.78, 5) is 4.40. The molecule has 21 heavy (non-hydrogen) atoms. The Hall–Kier alpha value is -1.75. The average Bonchev–Trinajstić information content (AvgIpc) is 2.90. The number of aliphatic hydroxyl groups excluding tert-OH is 1. The average molecular weight is 285 g/mol. The number of hydrogen-bond donors (Lipinski definition) is 1. The molecule has 0 spiro atoms. The van der Waals surface area contributed by atoms with Gasteiger partial charge in [0.2, 0.25) is 6.29 Å². The van der Waals surface area contributed by atoms with Crippen LogP contribution in [0.4, 0.5) is 0 Å². The van der Waals surface area contributed by atoms with E-state index < -0.39 is 6.29 Å². The van der Waals surface area contributed by atoms with Crippen LogP contribution in [0.3, 0.4) is 0 Å². The van der Waals surface area contributed by atoms with Gasteiger partial charge in [0.1, 0.15) is 0 Å². The van der Waals surface area contributed by atoms with E-state index in [2.05, 4.69) is 23.2 Å². The van der Waals surface area contributed by atoms with Gasteiger partial charge in [-0.05, 0) is 41.7 Å². The van der Waals surface area contributed by atoms with Crippen LogP contribution in [0, 0.1) is 0 Å². The molecule has 0 saturated carbocycles. The van der Waals surface area contributed by atoms with E-state index in [0.717, 1.165) is 35.2 Å². The van der Waals surface area contributed by atoms with Crippen molar-refractivity contribution in [3.63, 3.8) is 0 Å². The van der Waals surface area contributed by atoms with Gasteiger partial charge in [0.15, 0.2) is 0 Å². The Morgan fingerprint density at radius 1 is 1.14 bits per heavy atom. The molecule has 0 bridgehead atoms. The van der Waals surface area contributed by atoms with E-state index in [4.69, 9.17) is 9.47 Å². The third-order valence-electron chi connectivity index (χ3n) is 3.98. The highest BCUT2D eigenvalue weighted by atomic mass is 16.7. The van der Waals surface area contributed by atoms with E-state index in [1.807, 2.05) is 18.3 Å². The summed E-state index contributed by atoms with van der Waals surface area (Å²) in [5.74, 6) is 0. The summed E-state index contributed by atoms with van der Waals surface area (Å²) < 4.78 is 10.4. The van der Waals surface area contributed by atoms with Gasteiger partial charge in [0.05, 0.1) is 11.8 Å². The Morgan fingerprint density at radius 2 is 1.90 bits per heavy atom. The van der Waals surface area contributed by atoms with Crippen molar-refractivity contribution in [2.24, 2.45) is 0 Å². The van der Waals surface area contributed by atoms with Crippen molar-refractivity contribution in [1.82, 2.24) is 4.98 Å². The normalized spacial score (nSPS) is 17.2. The Kier molecular flexibility index (Phi) is 4.01. The molecule has 1 atom stereocenters. The van der Waals surface area contributed by atoms with E-state index in [0.29, 0.717) is 0 Å². The van der Waals surface area contributed by atoms with Crippen molar-refractivity contribution < 1.29 is 14.6 Å². The van der Waals surface area contributed by atoms with Gasteiger partial charge >= 0.3 is 0 Å². The first-order chi connectivity index (χ1) is 10.2. The van der Waals surface area contributed by atoms with Crippen molar-refractivity contribution in [3.05, 3.63) is 53.3 Å². The Morgan fingerprint density at radius 3 is 2.57 bits per heavy atom. The minimum absolute atomic E-state index is 0.335. The summed E-state index contributed by atoms with van der Waals surface area (Å²) >= 11 is 0. The monoisotopic (exact) mass is 285 g/mol. The van der Waals surface area contributed by atoms with Crippen LogP contribution in [-0.2, 0) is 15.9 Å². The lowest BCUT2D eigenvalue weighted by molar-refractivity contribution is -0.108. The fraction of sp³-hybridized carbons (Fsp3) is 0.353. The molecule has 0 unspecified atom stereocenters. The molecule has 110 valence electrons. The molecule has 0 fully saturated rings. The predicted molar refractivity (Wildman–Crippen MR) is 79.7 cm³/mol. The maximum absolute atomic E-state index is 9.98. The number of aryl methyl sites for hydroxylation is 1. The summed E-state index contributed by atoms with van der Waals surface area (Å²) in [7, 11) is 3.18. The molecule has 1 aliphatic carbocycles. The van der Waals surface area contributed by atoms with Gasteiger partial charge in [-0.25, -0.2) is 0 Å². The van der Waals surface area contributed by atoms with E-state index >= 15 is 0 Å². The van der Waals surface area contributed by atoms with Crippen LogP contribution in [0.15, 0.2) is 36.5 Å². The summed E-state index contributed by atoms with van der Waals surface area (Å²) in [6, 6.07) is 10.1. The molecule has 1 aromatic heterocycles. The van der Waals surface area contributed by atoms with Gasteiger partial charge in [0, 0.05) is 26.0 Å². The second-order valence-corrected chi connectivity index (χ2v) is 5.24. The van der Waals surface area contributed by atoms with Crippen LogP contribution in [0.25, 0.3) is 11.1 Å². The highest BCUT2D eigenvalue weighted by Crippen LogP contribution is 2.34. The zero-order valence-electron chi connectivity index (χ0n) is 12.2. The fourth-order valence-electron chi connectivity index (χ4n) is 2.81. The number of ether oxygens (including phenoxy) is 2. The molecular formula is C17H19NO3. The quantitative estimate of drug-likeness (QED) is 0.877. The predicted octanol–water partition coefficient (Wildman–Crippen LogP) is 3.02. The molecule has 2 aromatic rings. The van der Waals surface area contributed by atoms with Crippen molar-refractivity contribution in [2.75, 3.05) is 14.2 Å².